The van der Waals surface area contributed by atoms with Crippen molar-refractivity contribution in [2.24, 2.45) is 0 Å². The molecule has 29 heavy (non-hydrogen) atoms. The van der Waals surface area contributed by atoms with Gasteiger partial charge in [0, 0.05) is 43.2 Å². The van der Waals surface area contributed by atoms with Gasteiger partial charge in [-0.1, -0.05) is 24.8 Å². The van der Waals surface area contributed by atoms with E-state index in [0.717, 1.165) is 34.7 Å². The summed E-state index contributed by atoms with van der Waals surface area (Å²) in [6.45, 7) is 3.52. The molecule has 0 unspecified atom stereocenters. The number of nitrogens with zero attached hydrogens (tertiary/aromatic N) is 1. The van der Waals surface area contributed by atoms with Gasteiger partial charge in [-0.3, -0.25) is 0 Å². The van der Waals surface area contributed by atoms with Crippen molar-refractivity contribution in [1.82, 2.24) is 5.32 Å². The van der Waals surface area contributed by atoms with Crippen molar-refractivity contribution < 1.29 is 17.6 Å². The summed E-state index contributed by atoms with van der Waals surface area (Å²) in [7, 11) is 1.73. The van der Waals surface area contributed by atoms with Gasteiger partial charge in [0.15, 0.2) is 0 Å². The highest BCUT2D eigenvalue weighted by Gasteiger charge is 2.18. The SMILES string of the molecule is C=c1ccc(N(Cc2c(F)cccc2F)Cc2c(F)cccc2F)c/c1=C/NC. The Morgan fingerprint density at radius 1 is 0.828 bits per heavy atom. The molecule has 0 aliphatic carbocycles. The summed E-state index contributed by atoms with van der Waals surface area (Å²) >= 11 is 0. The highest BCUT2D eigenvalue weighted by Crippen LogP contribution is 2.23. The van der Waals surface area contributed by atoms with Crippen LogP contribution in [0.15, 0.2) is 54.6 Å². The molecule has 3 rings (SSSR count). The van der Waals surface area contributed by atoms with Crippen LogP contribution < -0.4 is 20.7 Å². The van der Waals surface area contributed by atoms with E-state index in [2.05, 4.69) is 11.9 Å². The van der Waals surface area contributed by atoms with Crippen molar-refractivity contribution in [1.29, 1.82) is 0 Å². The maximum Gasteiger partial charge on any atom is 0.131 e. The van der Waals surface area contributed by atoms with Crippen LogP contribution in [0, 0.1) is 23.3 Å². The molecule has 0 bridgehead atoms. The largest absolute Gasteiger partial charge is 0.393 e. The number of anilines is 1. The molecule has 0 saturated carbocycles. The lowest BCUT2D eigenvalue weighted by Gasteiger charge is -2.26. The Kier molecular flexibility index (Phi) is 6.22. The molecule has 0 saturated heterocycles. The van der Waals surface area contributed by atoms with Gasteiger partial charge < -0.3 is 10.2 Å². The fourth-order valence-electron chi connectivity index (χ4n) is 3.06. The van der Waals surface area contributed by atoms with E-state index in [-0.39, 0.29) is 24.2 Å². The normalized spacial score (nSPS) is 11.6. The van der Waals surface area contributed by atoms with E-state index in [1.165, 1.54) is 17.0 Å². The summed E-state index contributed by atoms with van der Waals surface area (Å²) < 4.78 is 57.0. The van der Waals surface area contributed by atoms with Gasteiger partial charge in [0.25, 0.3) is 0 Å². The molecule has 0 heterocycles. The molecule has 0 aliphatic rings. The van der Waals surface area contributed by atoms with Crippen molar-refractivity contribution in [3.05, 3.63) is 99.4 Å². The fraction of sp³-hybridized carbons (Fsp3) is 0.130. The molecule has 0 amide bonds. The van der Waals surface area contributed by atoms with Gasteiger partial charge in [-0.15, -0.1) is 0 Å². The van der Waals surface area contributed by atoms with E-state index < -0.39 is 23.3 Å². The van der Waals surface area contributed by atoms with Gasteiger partial charge in [0.1, 0.15) is 23.3 Å². The molecule has 2 nitrogen and oxygen atoms in total. The number of benzene rings is 3. The molecule has 6 heteroatoms. The molecular formula is C23H20F4N2. The van der Waals surface area contributed by atoms with Crippen molar-refractivity contribution in [2.45, 2.75) is 13.1 Å². The van der Waals surface area contributed by atoms with Gasteiger partial charge >= 0.3 is 0 Å². The second kappa shape index (κ2) is 8.82. The number of rotatable bonds is 6. The number of halogens is 4. The first-order valence-corrected chi connectivity index (χ1v) is 8.98. The third-order valence-corrected chi connectivity index (χ3v) is 4.62. The third-order valence-electron chi connectivity index (χ3n) is 4.62. The summed E-state index contributed by atoms with van der Waals surface area (Å²) in [5, 5.41) is 4.38. The van der Waals surface area contributed by atoms with Crippen molar-refractivity contribution in [2.75, 3.05) is 11.9 Å². The molecule has 3 aromatic carbocycles. The second-order valence-electron chi connectivity index (χ2n) is 6.57. The molecule has 0 aromatic heterocycles. The van der Waals surface area contributed by atoms with Crippen LogP contribution in [0.1, 0.15) is 11.1 Å². The average Bonchev–Trinajstić information content (AvgIpc) is 2.68. The van der Waals surface area contributed by atoms with Crippen LogP contribution in [0.4, 0.5) is 23.2 Å². The van der Waals surface area contributed by atoms with Crippen molar-refractivity contribution >= 4 is 18.5 Å². The Morgan fingerprint density at radius 3 is 1.76 bits per heavy atom. The summed E-state index contributed by atoms with van der Waals surface area (Å²) in [5.41, 5.74) is 0.188. The third kappa shape index (κ3) is 4.59. The van der Waals surface area contributed by atoms with E-state index in [1.807, 2.05) is 0 Å². The lowest BCUT2D eigenvalue weighted by molar-refractivity contribution is 0.534. The predicted molar refractivity (Wildman–Crippen MR) is 107 cm³/mol. The Bertz CT molecular complexity index is 1030. The van der Waals surface area contributed by atoms with Gasteiger partial charge in [0.2, 0.25) is 0 Å². The van der Waals surface area contributed by atoms with Crippen LogP contribution in [0.3, 0.4) is 0 Å². The number of nitrogens with one attached hydrogen (secondary N) is 1. The molecule has 150 valence electrons. The van der Waals surface area contributed by atoms with Gasteiger partial charge in [-0.05, 0) is 46.8 Å². The predicted octanol–water partition coefficient (Wildman–Crippen LogP) is 3.82. The van der Waals surface area contributed by atoms with Gasteiger partial charge in [-0.2, -0.15) is 0 Å². The zero-order chi connectivity index (χ0) is 21.0. The minimum Gasteiger partial charge on any atom is -0.393 e. The fourth-order valence-corrected chi connectivity index (χ4v) is 3.06. The molecule has 0 radical (unpaired) electrons. The van der Waals surface area contributed by atoms with E-state index in [4.69, 9.17) is 0 Å². The first kappa shape index (κ1) is 20.5. The van der Waals surface area contributed by atoms with Crippen molar-refractivity contribution in [3.8, 4) is 0 Å². The molecule has 1 N–H and O–H groups in total. The smallest absolute Gasteiger partial charge is 0.131 e. The highest BCUT2D eigenvalue weighted by molar-refractivity contribution is 5.50. The van der Waals surface area contributed by atoms with Crippen LogP contribution >= 0.6 is 0 Å². The van der Waals surface area contributed by atoms with Crippen LogP contribution in [-0.4, -0.2) is 7.05 Å². The Hall–Kier alpha value is -3.28. The van der Waals surface area contributed by atoms with Crippen molar-refractivity contribution in [3.63, 3.8) is 0 Å². The maximum atomic E-state index is 14.2. The minimum atomic E-state index is -0.722. The van der Waals surface area contributed by atoms with Crippen LogP contribution in [-0.2, 0) is 13.1 Å². The summed E-state index contributed by atoms with van der Waals surface area (Å²) in [5.74, 6) is -2.89. The highest BCUT2D eigenvalue weighted by atomic mass is 19.1. The Balaban J connectivity index is 2.10. The topological polar surface area (TPSA) is 15.3 Å². The Labute approximate surface area is 166 Å². The van der Waals surface area contributed by atoms with E-state index in [0.29, 0.717) is 5.69 Å². The zero-order valence-electron chi connectivity index (χ0n) is 15.9. The van der Waals surface area contributed by atoms with Gasteiger partial charge in [-0.25, -0.2) is 17.6 Å². The average molecular weight is 400 g/mol. The van der Waals surface area contributed by atoms with Gasteiger partial charge in [0.05, 0.1) is 0 Å². The summed E-state index contributed by atoms with van der Waals surface area (Å²) in [4.78, 5) is 1.52. The van der Waals surface area contributed by atoms with E-state index >= 15 is 0 Å². The monoisotopic (exact) mass is 400 g/mol. The maximum absolute atomic E-state index is 14.2. The van der Waals surface area contributed by atoms with E-state index in [9.17, 15) is 17.6 Å². The molecule has 0 fully saturated rings. The summed E-state index contributed by atoms with van der Waals surface area (Å²) in [6.07, 6.45) is 1.72. The quantitative estimate of drug-likeness (QED) is 0.633. The van der Waals surface area contributed by atoms with E-state index in [1.54, 1.807) is 31.4 Å². The first-order valence-electron chi connectivity index (χ1n) is 8.98. The molecular weight excluding hydrogens is 380 g/mol. The first-order chi connectivity index (χ1) is 13.9. The molecule has 0 spiro atoms. The molecule has 3 aromatic rings. The summed E-state index contributed by atoms with van der Waals surface area (Å²) in [6, 6.07) is 12.3. The minimum absolute atomic E-state index is 0.179. The van der Waals surface area contributed by atoms with Crippen LogP contribution in [0.25, 0.3) is 12.8 Å². The molecule has 0 aliphatic heterocycles. The van der Waals surface area contributed by atoms with Crippen LogP contribution in [0.2, 0.25) is 0 Å². The van der Waals surface area contributed by atoms with Crippen LogP contribution in [0.5, 0.6) is 0 Å². The molecule has 0 atom stereocenters. The standard InChI is InChI=1S/C23H20F4N2/c1-15-9-10-17(11-16(15)12-28-2)29(13-18-20(24)5-3-6-21(18)25)14-19-22(26)7-4-8-23(19)27/h3-12,28H,1,13-14H2,2H3/b16-12-. The Morgan fingerprint density at radius 2 is 1.31 bits per heavy atom. The number of hydrogen-bond acceptors (Lipinski definition) is 2. The second-order valence-corrected chi connectivity index (χ2v) is 6.57. The lowest BCUT2D eigenvalue weighted by atomic mass is 10.1. The number of hydrogen-bond donors (Lipinski definition) is 1. The lowest BCUT2D eigenvalue weighted by Crippen LogP contribution is -2.30. The zero-order valence-corrected chi connectivity index (χ0v) is 15.9.